The zero-order valence-corrected chi connectivity index (χ0v) is 7.63. The molecule has 0 heterocycles. The number of aryl methyl sites for hydroxylation is 1. The SMILES string of the molecule is CCc1cccc(N)c1COC. The second-order valence-electron chi connectivity index (χ2n) is 2.77. The van der Waals surface area contributed by atoms with E-state index in [1.54, 1.807) is 7.11 Å². The Labute approximate surface area is 73.3 Å². The molecule has 0 atom stereocenters. The minimum Gasteiger partial charge on any atom is -0.398 e. The van der Waals surface area contributed by atoms with Crippen LogP contribution in [0.15, 0.2) is 18.2 Å². The fraction of sp³-hybridized carbons (Fsp3) is 0.400. The summed E-state index contributed by atoms with van der Waals surface area (Å²) in [5.41, 5.74) is 9.04. The van der Waals surface area contributed by atoms with E-state index in [0.29, 0.717) is 6.61 Å². The number of anilines is 1. The van der Waals surface area contributed by atoms with Gasteiger partial charge in [-0.25, -0.2) is 0 Å². The van der Waals surface area contributed by atoms with E-state index in [1.807, 2.05) is 12.1 Å². The van der Waals surface area contributed by atoms with Gasteiger partial charge in [0.2, 0.25) is 0 Å². The third kappa shape index (κ3) is 1.77. The van der Waals surface area contributed by atoms with Gasteiger partial charge in [0.25, 0.3) is 0 Å². The van der Waals surface area contributed by atoms with Crippen molar-refractivity contribution in [1.29, 1.82) is 0 Å². The molecule has 0 radical (unpaired) electrons. The Morgan fingerprint density at radius 1 is 1.42 bits per heavy atom. The van der Waals surface area contributed by atoms with Gasteiger partial charge in [-0.15, -0.1) is 0 Å². The van der Waals surface area contributed by atoms with Crippen LogP contribution in [-0.4, -0.2) is 7.11 Å². The minimum atomic E-state index is 0.607. The van der Waals surface area contributed by atoms with Crippen molar-refractivity contribution < 1.29 is 4.74 Å². The number of nitrogens with two attached hydrogens (primary N) is 1. The Balaban J connectivity index is 3.02. The van der Waals surface area contributed by atoms with Gasteiger partial charge in [0.1, 0.15) is 0 Å². The van der Waals surface area contributed by atoms with Crippen molar-refractivity contribution >= 4 is 5.69 Å². The highest BCUT2D eigenvalue weighted by molar-refractivity contribution is 5.50. The summed E-state index contributed by atoms with van der Waals surface area (Å²) in [6.07, 6.45) is 1.00. The van der Waals surface area contributed by atoms with Gasteiger partial charge in [0.05, 0.1) is 6.61 Å². The Kier molecular flexibility index (Phi) is 3.11. The van der Waals surface area contributed by atoms with Crippen molar-refractivity contribution in [3.05, 3.63) is 29.3 Å². The second-order valence-corrected chi connectivity index (χ2v) is 2.77. The van der Waals surface area contributed by atoms with Crippen LogP contribution in [0, 0.1) is 0 Å². The summed E-state index contributed by atoms with van der Waals surface area (Å²) in [7, 11) is 1.69. The lowest BCUT2D eigenvalue weighted by Crippen LogP contribution is -2.00. The molecule has 1 aromatic carbocycles. The Morgan fingerprint density at radius 2 is 2.17 bits per heavy atom. The molecule has 0 aliphatic heterocycles. The van der Waals surface area contributed by atoms with E-state index in [4.69, 9.17) is 10.5 Å². The zero-order valence-electron chi connectivity index (χ0n) is 7.63. The molecule has 2 N–H and O–H groups in total. The van der Waals surface area contributed by atoms with Crippen LogP contribution in [0.25, 0.3) is 0 Å². The molecular formula is C10H15NO. The maximum absolute atomic E-state index is 5.80. The molecule has 0 spiro atoms. The standard InChI is InChI=1S/C10H15NO/c1-3-8-5-4-6-10(11)9(8)7-12-2/h4-6H,3,7,11H2,1-2H3. The molecule has 0 saturated carbocycles. The van der Waals surface area contributed by atoms with Gasteiger partial charge in [-0.1, -0.05) is 19.1 Å². The molecular weight excluding hydrogens is 150 g/mol. The van der Waals surface area contributed by atoms with Gasteiger partial charge in [-0.2, -0.15) is 0 Å². The minimum absolute atomic E-state index is 0.607. The molecule has 2 nitrogen and oxygen atoms in total. The first-order chi connectivity index (χ1) is 5.79. The first kappa shape index (κ1) is 9.07. The number of ether oxygens (including phenoxy) is 1. The van der Waals surface area contributed by atoms with Crippen molar-refractivity contribution in [1.82, 2.24) is 0 Å². The van der Waals surface area contributed by atoms with Crippen LogP contribution in [0.5, 0.6) is 0 Å². The Bertz CT molecular complexity index is 258. The highest BCUT2D eigenvalue weighted by atomic mass is 16.5. The third-order valence-corrected chi connectivity index (χ3v) is 1.98. The first-order valence-corrected chi connectivity index (χ1v) is 4.14. The summed E-state index contributed by atoms with van der Waals surface area (Å²) in [6.45, 7) is 2.73. The molecule has 0 unspecified atom stereocenters. The van der Waals surface area contributed by atoms with Crippen molar-refractivity contribution in [2.75, 3.05) is 12.8 Å². The maximum Gasteiger partial charge on any atom is 0.0735 e. The summed E-state index contributed by atoms with van der Waals surface area (Å²) >= 11 is 0. The summed E-state index contributed by atoms with van der Waals surface area (Å²) in [5, 5.41) is 0. The van der Waals surface area contributed by atoms with Crippen LogP contribution in [0.1, 0.15) is 18.1 Å². The molecule has 0 amide bonds. The van der Waals surface area contributed by atoms with Crippen LogP contribution in [0.4, 0.5) is 5.69 Å². The first-order valence-electron chi connectivity index (χ1n) is 4.14. The van der Waals surface area contributed by atoms with Gasteiger partial charge in [0.15, 0.2) is 0 Å². The molecule has 0 fully saturated rings. The monoisotopic (exact) mass is 165 g/mol. The fourth-order valence-corrected chi connectivity index (χ4v) is 1.31. The normalized spacial score (nSPS) is 10.2. The lowest BCUT2D eigenvalue weighted by molar-refractivity contribution is 0.184. The topological polar surface area (TPSA) is 35.2 Å². The number of hydrogen-bond donors (Lipinski definition) is 1. The van der Waals surface area contributed by atoms with E-state index in [-0.39, 0.29) is 0 Å². The summed E-state index contributed by atoms with van der Waals surface area (Å²) in [6, 6.07) is 5.98. The van der Waals surface area contributed by atoms with E-state index < -0.39 is 0 Å². The molecule has 12 heavy (non-hydrogen) atoms. The molecule has 2 heteroatoms. The van der Waals surface area contributed by atoms with Crippen LogP contribution in [0.3, 0.4) is 0 Å². The van der Waals surface area contributed by atoms with Crippen LogP contribution < -0.4 is 5.73 Å². The molecule has 66 valence electrons. The highest BCUT2D eigenvalue weighted by Gasteiger charge is 2.02. The number of methoxy groups -OCH3 is 1. The second kappa shape index (κ2) is 4.12. The van der Waals surface area contributed by atoms with Crippen LogP contribution in [0.2, 0.25) is 0 Å². The van der Waals surface area contributed by atoms with Crippen molar-refractivity contribution in [2.45, 2.75) is 20.0 Å². The van der Waals surface area contributed by atoms with E-state index in [2.05, 4.69) is 13.0 Å². The number of nitrogen functional groups attached to an aromatic ring is 1. The van der Waals surface area contributed by atoms with E-state index in [9.17, 15) is 0 Å². The Morgan fingerprint density at radius 3 is 2.75 bits per heavy atom. The van der Waals surface area contributed by atoms with E-state index in [1.165, 1.54) is 5.56 Å². The van der Waals surface area contributed by atoms with E-state index in [0.717, 1.165) is 17.7 Å². The van der Waals surface area contributed by atoms with E-state index >= 15 is 0 Å². The van der Waals surface area contributed by atoms with Crippen molar-refractivity contribution in [3.8, 4) is 0 Å². The average Bonchev–Trinajstić information content (AvgIpc) is 2.09. The molecule has 0 aromatic heterocycles. The number of benzene rings is 1. The lowest BCUT2D eigenvalue weighted by atomic mass is 10.0. The van der Waals surface area contributed by atoms with Gasteiger partial charge in [0, 0.05) is 18.4 Å². The largest absolute Gasteiger partial charge is 0.398 e. The fourth-order valence-electron chi connectivity index (χ4n) is 1.31. The Hall–Kier alpha value is -1.02. The highest BCUT2D eigenvalue weighted by Crippen LogP contribution is 2.18. The third-order valence-electron chi connectivity index (χ3n) is 1.98. The zero-order chi connectivity index (χ0) is 8.97. The van der Waals surface area contributed by atoms with Crippen LogP contribution in [-0.2, 0) is 17.8 Å². The molecule has 0 saturated heterocycles. The molecule has 0 bridgehead atoms. The van der Waals surface area contributed by atoms with Gasteiger partial charge >= 0.3 is 0 Å². The van der Waals surface area contributed by atoms with Crippen LogP contribution >= 0.6 is 0 Å². The summed E-state index contributed by atoms with van der Waals surface area (Å²) in [4.78, 5) is 0. The average molecular weight is 165 g/mol. The lowest BCUT2D eigenvalue weighted by Gasteiger charge is -2.09. The molecule has 0 aliphatic rings. The van der Waals surface area contributed by atoms with Gasteiger partial charge in [-0.05, 0) is 18.1 Å². The molecule has 0 aliphatic carbocycles. The molecule has 1 aromatic rings. The maximum atomic E-state index is 5.80. The van der Waals surface area contributed by atoms with Gasteiger partial charge < -0.3 is 10.5 Å². The quantitative estimate of drug-likeness (QED) is 0.695. The predicted molar refractivity (Wildman–Crippen MR) is 50.9 cm³/mol. The molecule has 1 rings (SSSR count). The van der Waals surface area contributed by atoms with Crippen molar-refractivity contribution in [3.63, 3.8) is 0 Å². The summed E-state index contributed by atoms with van der Waals surface area (Å²) < 4.78 is 5.07. The smallest absolute Gasteiger partial charge is 0.0735 e. The predicted octanol–water partition coefficient (Wildman–Crippen LogP) is 1.98. The number of rotatable bonds is 3. The summed E-state index contributed by atoms with van der Waals surface area (Å²) in [5.74, 6) is 0. The van der Waals surface area contributed by atoms with Crippen molar-refractivity contribution in [2.24, 2.45) is 0 Å². The number of hydrogen-bond acceptors (Lipinski definition) is 2. The van der Waals surface area contributed by atoms with Gasteiger partial charge in [-0.3, -0.25) is 0 Å².